The molecule has 0 spiro atoms. The average Bonchev–Trinajstić information content (AvgIpc) is 3.12. The fourth-order valence-corrected chi connectivity index (χ4v) is 4.11. The maximum absolute atomic E-state index is 13.6. The topological polar surface area (TPSA) is 46.1 Å². The minimum absolute atomic E-state index is 0.0709. The van der Waals surface area contributed by atoms with E-state index >= 15 is 0 Å². The van der Waals surface area contributed by atoms with Gasteiger partial charge >= 0.3 is 0 Å². The lowest BCUT2D eigenvalue weighted by molar-refractivity contribution is -0.118. The molecular formula is C23H20FN3OS. The Morgan fingerprint density at radius 2 is 1.93 bits per heavy atom. The summed E-state index contributed by atoms with van der Waals surface area (Å²) in [6, 6.07) is 16.1. The highest BCUT2D eigenvalue weighted by Crippen LogP contribution is 2.30. The van der Waals surface area contributed by atoms with Crippen LogP contribution in [0, 0.1) is 19.7 Å². The second-order valence-electron chi connectivity index (χ2n) is 7.00. The summed E-state index contributed by atoms with van der Waals surface area (Å²) in [5.74, 6) is -0.385. The van der Waals surface area contributed by atoms with Crippen molar-refractivity contribution in [1.29, 1.82) is 0 Å². The van der Waals surface area contributed by atoms with Gasteiger partial charge in [0.15, 0.2) is 5.13 Å². The van der Waals surface area contributed by atoms with Crippen LogP contribution in [0.15, 0.2) is 60.8 Å². The number of anilines is 1. The van der Waals surface area contributed by atoms with E-state index in [9.17, 15) is 9.18 Å². The van der Waals surface area contributed by atoms with E-state index in [1.165, 1.54) is 29.0 Å². The molecule has 2 heterocycles. The number of carbonyl (C=O) groups is 1. The van der Waals surface area contributed by atoms with E-state index in [0.29, 0.717) is 21.9 Å². The van der Waals surface area contributed by atoms with Crippen molar-refractivity contribution in [2.45, 2.75) is 26.8 Å². The van der Waals surface area contributed by atoms with Crippen molar-refractivity contribution in [2.24, 2.45) is 0 Å². The number of hydrogen-bond acceptors (Lipinski definition) is 4. The number of pyridine rings is 1. The Kier molecular flexibility index (Phi) is 5.36. The molecule has 2 aromatic heterocycles. The summed E-state index contributed by atoms with van der Waals surface area (Å²) in [5, 5.41) is 0.546. The van der Waals surface area contributed by atoms with Gasteiger partial charge in [-0.25, -0.2) is 9.37 Å². The van der Waals surface area contributed by atoms with Crippen molar-refractivity contribution >= 4 is 32.6 Å². The Morgan fingerprint density at radius 3 is 2.69 bits per heavy atom. The van der Waals surface area contributed by atoms with Gasteiger partial charge in [-0.05, 0) is 60.9 Å². The number of thiazole rings is 1. The molecule has 6 heteroatoms. The molecule has 0 fully saturated rings. The van der Waals surface area contributed by atoms with Crippen molar-refractivity contribution < 1.29 is 9.18 Å². The SMILES string of the molecule is Cc1ccc(CC(=O)N(Cc2ccccn2)c2nc3ccc(F)cc3s2)cc1C. The second kappa shape index (κ2) is 8.09. The van der Waals surface area contributed by atoms with Crippen LogP contribution in [0.5, 0.6) is 0 Å². The summed E-state index contributed by atoms with van der Waals surface area (Å²) in [6.07, 6.45) is 1.97. The summed E-state index contributed by atoms with van der Waals surface area (Å²) >= 11 is 1.31. The monoisotopic (exact) mass is 405 g/mol. The van der Waals surface area contributed by atoms with Gasteiger partial charge in [0.2, 0.25) is 5.91 Å². The van der Waals surface area contributed by atoms with Gasteiger partial charge in [0, 0.05) is 6.20 Å². The van der Waals surface area contributed by atoms with E-state index in [2.05, 4.69) is 16.9 Å². The highest BCUT2D eigenvalue weighted by atomic mass is 32.1. The van der Waals surface area contributed by atoms with Gasteiger partial charge in [-0.3, -0.25) is 14.7 Å². The van der Waals surface area contributed by atoms with Crippen molar-refractivity contribution in [2.75, 3.05) is 4.90 Å². The van der Waals surface area contributed by atoms with Crippen LogP contribution in [-0.2, 0) is 17.8 Å². The zero-order valence-electron chi connectivity index (χ0n) is 16.2. The molecule has 0 aliphatic carbocycles. The predicted molar refractivity (Wildman–Crippen MR) is 115 cm³/mol. The molecular weight excluding hydrogens is 385 g/mol. The van der Waals surface area contributed by atoms with Crippen LogP contribution >= 0.6 is 11.3 Å². The minimum atomic E-state index is -0.314. The van der Waals surface area contributed by atoms with E-state index in [0.717, 1.165) is 16.8 Å². The highest BCUT2D eigenvalue weighted by molar-refractivity contribution is 7.22. The molecule has 0 N–H and O–H groups in total. The van der Waals surface area contributed by atoms with Crippen LogP contribution < -0.4 is 4.90 Å². The third-order valence-corrected chi connectivity index (χ3v) is 5.89. The summed E-state index contributed by atoms with van der Waals surface area (Å²) in [5.41, 5.74) is 4.75. The Bertz CT molecular complexity index is 1170. The molecule has 0 aliphatic rings. The zero-order valence-corrected chi connectivity index (χ0v) is 17.0. The van der Waals surface area contributed by atoms with Crippen molar-refractivity contribution in [3.8, 4) is 0 Å². The van der Waals surface area contributed by atoms with Gasteiger partial charge < -0.3 is 0 Å². The number of nitrogens with zero attached hydrogens (tertiary/aromatic N) is 3. The van der Waals surface area contributed by atoms with Crippen molar-refractivity contribution in [3.05, 3.63) is 89.0 Å². The Labute approximate surface area is 172 Å². The van der Waals surface area contributed by atoms with E-state index in [1.54, 1.807) is 17.2 Å². The van der Waals surface area contributed by atoms with Crippen molar-refractivity contribution in [3.63, 3.8) is 0 Å². The molecule has 29 heavy (non-hydrogen) atoms. The normalized spacial score (nSPS) is 11.0. The lowest BCUT2D eigenvalue weighted by atomic mass is 10.0. The molecule has 4 rings (SSSR count). The van der Waals surface area contributed by atoms with Gasteiger partial charge in [-0.2, -0.15) is 0 Å². The quantitative estimate of drug-likeness (QED) is 0.457. The molecule has 146 valence electrons. The summed E-state index contributed by atoms with van der Waals surface area (Å²) in [6.45, 7) is 4.40. The molecule has 0 bridgehead atoms. The van der Waals surface area contributed by atoms with Crippen LogP contribution in [0.3, 0.4) is 0 Å². The van der Waals surface area contributed by atoms with E-state index in [1.807, 2.05) is 43.3 Å². The predicted octanol–water partition coefficient (Wildman–Crippen LogP) is 5.22. The lowest BCUT2D eigenvalue weighted by Gasteiger charge is -2.20. The van der Waals surface area contributed by atoms with Gasteiger partial charge in [-0.15, -0.1) is 0 Å². The van der Waals surface area contributed by atoms with E-state index < -0.39 is 0 Å². The molecule has 0 atom stereocenters. The fourth-order valence-electron chi connectivity index (χ4n) is 3.10. The van der Waals surface area contributed by atoms with Crippen LogP contribution in [0.1, 0.15) is 22.4 Å². The number of carbonyl (C=O) groups excluding carboxylic acids is 1. The number of rotatable bonds is 5. The minimum Gasteiger partial charge on any atom is -0.282 e. The first kappa shape index (κ1) is 19.2. The first-order valence-corrected chi connectivity index (χ1v) is 10.1. The Balaban J connectivity index is 1.68. The Hall–Kier alpha value is -3.12. The molecule has 0 aliphatic heterocycles. The third-order valence-electron chi connectivity index (χ3n) is 4.84. The number of amides is 1. The number of aromatic nitrogens is 2. The molecule has 4 nitrogen and oxygen atoms in total. The largest absolute Gasteiger partial charge is 0.282 e. The summed E-state index contributed by atoms with van der Waals surface area (Å²) in [4.78, 5) is 23.8. The smallest absolute Gasteiger partial charge is 0.233 e. The number of fused-ring (bicyclic) bond motifs is 1. The van der Waals surface area contributed by atoms with E-state index in [-0.39, 0.29) is 18.1 Å². The van der Waals surface area contributed by atoms with Crippen LogP contribution in [0.4, 0.5) is 9.52 Å². The lowest BCUT2D eigenvalue weighted by Crippen LogP contribution is -2.32. The molecule has 0 saturated heterocycles. The van der Waals surface area contributed by atoms with Crippen LogP contribution in [-0.4, -0.2) is 15.9 Å². The molecule has 4 aromatic rings. The first-order valence-electron chi connectivity index (χ1n) is 9.32. The molecule has 0 radical (unpaired) electrons. The first-order chi connectivity index (χ1) is 14.0. The van der Waals surface area contributed by atoms with Crippen LogP contribution in [0.2, 0.25) is 0 Å². The fraction of sp³-hybridized carbons (Fsp3) is 0.174. The standard InChI is InChI=1S/C23H20FN3OS/c1-15-6-7-17(11-16(15)2)12-22(28)27(14-19-5-3-4-10-25-19)23-26-20-9-8-18(24)13-21(20)29-23/h3-11,13H,12,14H2,1-2H3. The van der Waals surface area contributed by atoms with E-state index in [4.69, 9.17) is 0 Å². The molecule has 1 amide bonds. The highest BCUT2D eigenvalue weighted by Gasteiger charge is 2.21. The number of aryl methyl sites for hydroxylation is 2. The summed E-state index contributed by atoms with van der Waals surface area (Å²) < 4.78 is 14.3. The van der Waals surface area contributed by atoms with Crippen LogP contribution in [0.25, 0.3) is 10.2 Å². The molecule has 0 unspecified atom stereocenters. The third kappa shape index (κ3) is 4.32. The maximum Gasteiger partial charge on any atom is 0.233 e. The summed E-state index contributed by atoms with van der Waals surface area (Å²) in [7, 11) is 0. The van der Waals surface area contributed by atoms with Crippen molar-refractivity contribution in [1.82, 2.24) is 9.97 Å². The van der Waals surface area contributed by atoms with Gasteiger partial charge in [-0.1, -0.05) is 35.6 Å². The zero-order chi connectivity index (χ0) is 20.4. The van der Waals surface area contributed by atoms with Gasteiger partial charge in [0.1, 0.15) is 5.82 Å². The Morgan fingerprint density at radius 1 is 1.07 bits per heavy atom. The number of halogens is 1. The number of hydrogen-bond donors (Lipinski definition) is 0. The van der Waals surface area contributed by atoms with Gasteiger partial charge in [0.05, 0.1) is 28.9 Å². The van der Waals surface area contributed by atoms with Gasteiger partial charge in [0.25, 0.3) is 0 Å². The average molecular weight is 405 g/mol. The molecule has 2 aromatic carbocycles. The molecule has 0 saturated carbocycles. The number of benzene rings is 2. The maximum atomic E-state index is 13.6. The second-order valence-corrected chi connectivity index (χ2v) is 8.01.